The minimum absolute atomic E-state index is 0.138. The van der Waals surface area contributed by atoms with Gasteiger partial charge in [0.25, 0.3) is 5.69 Å². The number of carbonyl (C=O) groups excluding carboxylic acids is 2. The average molecular weight is 551 g/mol. The predicted octanol–water partition coefficient (Wildman–Crippen LogP) is 3.67. The Hall–Kier alpha value is -3.12. The molecular weight excluding hydrogens is 516 g/mol. The van der Waals surface area contributed by atoms with Gasteiger partial charge in [0.1, 0.15) is 0 Å². The molecule has 1 unspecified atom stereocenters. The fourth-order valence-corrected chi connectivity index (χ4v) is 5.07. The van der Waals surface area contributed by atoms with Crippen LogP contribution in [0.5, 0.6) is 0 Å². The maximum atomic E-state index is 13.2. The Labute approximate surface area is 226 Å². The molecule has 1 aromatic carbocycles. The molecule has 0 spiro atoms. The van der Waals surface area contributed by atoms with Gasteiger partial charge in [-0.15, -0.1) is 0 Å². The molecule has 0 saturated carbocycles. The fraction of sp³-hybridized carbons (Fsp3) is 0.480. The van der Waals surface area contributed by atoms with E-state index in [1.165, 1.54) is 18.2 Å². The molecule has 0 aliphatic carbocycles. The van der Waals surface area contributed by atoms with E-state index in [4.69, 9.17) is 27.4 Å². The van der Waals surface area contributed by atoms with Gasteiger partial charge < -0.3 is 25.8 Å². The van der Waals surface area contributed by atoms with Gasteiger partial charge in [0, 0.05) is 35.8 Å². The van der Waals surface area contributed by atoms with Crippen molar-refractivity contribution < 1.29 is 24.0 Å². The van der Waals surface area contributed by atoms with Crippen LogP contribution in [0.3, 0.4) is 0 Å². The molecule has 4 N–H and O–H groups in total. The number of nitro groups is 1. The molecule has 1 aliphatic heterocycles. The monoisotopic (exact) mass is 550 g/mol. The molecule has 10 nitrogen and oxygen atoms in total. The summed E-state index contributed by atoms with van der Waals surface area (Å²) in [5, 5.41) is 17.9. The number of dihydropyridines is 1. The molecule has 0 bridgehead atoms. The van der Waals surface area contributed by atoms with E-state index in [1.54, 1.807) is 38.6 Å². The fourth-order valence-electron chi connectivity index (χ4n) is 3.98. The lowest BCUT2D eigenvalue weighted by Crippen LogP contribution is -2.34. The summed E-state index contributed by atoms with van der Waals surface area (Å²) in [5.41, 5.74) is 7.35. The maximum Gasteiger partial charge on any atom is 0.336 e. The normalized spacial score (nSPS) is 15.2. The topological polar surface area (TPSA) is 146 Å². The van der Waals surface area contributed by atoms with Crippen LogP contribution in [0, 0.1) is 10.1 Å². The molecule has 0 amide bonds. The Morgan fingerprint density at radius 1 is 1.16 bits per heavy atom. The van der Waals surface area contributed by atoms with Gasteiger partial charge in [0.2, 0.25) is 0 Å². The number of thiocarbonyl (C=S) groups is 1. The van der Waals surface area contributed by atoms with Crippen molar-refractivity contribution in [3.8, 4) is 0 Å². The Morgan fingerprint density at radius 3 is 2.46 bits per heavy atom. The van der Waals surface area contributed by atoms with E-state index < -0.39 is 22.8 Å². The Bertz CT molecular complexity index is 1070. The van der Waals surface area contributed by atoms with Gasteiger partial charge in [-0.2, -0.15) is 11.8 Å². The molecule has 202 valence electrons. The zero-order valence-corrected chi connectivity index (χ0v) is 23.0. The molecule has 12 heteroatoms. The molecule has 1 aliphatic rings. The molecule has 1 atom stereocenters. The van der Waals surface area contributed by atoms with E-state index in [-0.39, 0.29) is 30.0 Å². The van der Waals surface area contributed by atoms with E-state index in [2.05, 4.69) is 10.6 Å². The van der Waals surface area contributed by atoms with Crippen molar-refractivity contribution in [2.75, 3.05) is 31.3 Å². The smallest absolute Gasteiger partial charge is 0.336 e. The van der Waals surface area contributed by atoms with E-state index in [0.717, 1.165) is 31.6 Å². The summed E-state index contributed by atoms with van der Waals surface area (Å²) in [7, 11) is 0. The number of nitrogens with one attached hydrogen (secondary N) is 2. The Morgan fingerprint density at radius 2 is 1.84 bits per heavy atom. The molecule has 2 rings (SSSR count). The molecule has 37 heavy (non-hydrogen) atoms. The van der Waals surface area contributed by atoms with Gasteiger partial charge in [0.05, 0.1) is 35.2 Å². The first kappa shape index (κ1) is 30.1. The van der Waals surface area contributed by atoms with Crippen LogP contribution in [0.1, 0.15) is 51.5 Å². The van der Waals surface area contributed by atoms with Gasteiger partial charge in [-0.1, -0.05) is 18.6 Å². The summed E-state index contributed by atoms with van der Waals surface area (Å²) in [6, 6.07) is 5.96. The zero-order chi connectivity index (χ0) is 27.4. The number of non-ortho nitro benzene ring substituents is 1. The summed E-state index contributed by atoms with van der Waals surface area (Å²) >= 11 is 6.44. The summed E-state index contributed by atoms with van der Waals surface area (Å²) in [6.45, 7) is 6.14. The Kier molecular flexibility index (Phi) is 12.4. The first-order chi connectivity index (χ1) is 17.7. The largest absolute Gasteiger partial charge is 0.463 e. The molecule has 1 aromatic rings. The summed E-state index contributed by atoms with van der Waals surface area (Å²) in [6.07, 6.45) is 2.89. The third-order valence-corrected chi connectivity index (χ3v) is 6.78. The van der Waals surface area contributed by atoms with E-state index in [0.29, 0.717) is 27.8 Å². The minimum Gasteiger partial charge on any atom is -0.463 e. The van der Waals surface area contributed by atoms with Crippen LogP contribution in [0.2, 0.25) is 0 Å². The van der Waals surface area contributed by atoms with Gasteiger partial charge >= 0.3 is 11.9 Å². The SMILES string of the molecule is CCOC(=O)C1=C(C)NC(CSCCCCCNC(N)=S)=C(C(=O)OCC)C1c1cccc([N+](=O)[O-])c1. The number of hydrogen-bond acceptors (Lipinski definition) is 9. The molecule has 0 fully saturated rings. The number of nitrogens with zero attached hydrogens (tertiary/aromatic N) is 1. The number of nitro benzene ring substituents is 1. The average Bonchev–Trinajstić information content (AvgIpc) is 2.85. The van der Waals surface area contributed by atoms with E-state index >= 15 is 0 Å². The second-order valence-corrected chi connectivity index (χ2v) is 9.73. The van der Waals surface area contributed by atoms with Crippen LogP contribution >= 0.6 is 24.0 Å². The lowest BCUT2D eigenvalue weighted by atomic mass is 9.80. The van der Waals surface area contributed by atoms with Gasteiger partial charge in [-0.05, 0) is 57.1 Å². The van der Waals surface area contributed by atoms with Crippen molar-refractivity contribution in [2.45, 2.75) is 46.0 Å². The number of allylic oxidation sites excluding steroid dienone is 1. The predicted molar refractivity (Wildman–Crippen MR) is 148 cm³/mol. The first-order valence-electron chi connectivity index (χ1n) is 12.1. The zero-order valence-electron chi connectivity index (χ0n) is 21.3. The van der Waals surface area contributed by atoms with Crippen molar-refractivity contribution in [3.63, 3.8) is 0 Å². The molecule has 0 saturated heterocycles. The standard InChI is InChI=1S/C25H34N4O6S2/c1-4-34-23(30)20-16(3)28-19(15-37-13-8-6-7-12-27-25(26)36)22(24(31)35-5-2)21(20)17-10-9-11-18(14-17)29(32)33/h9-11,14,21,28H,4-8,12-13,15H2,1-3H3,(H3,26,27,36). The van der Waals surface area contributed by atoms with Crippen LogP contribution in [-0.4, -0.2) is 53.2 Å². The van der Waals surface area contributed by atoms with Crippen LogP contribution in [0.25, 0.3) is 0 Å². The quantitative estimate of drug-likeness (QED) is 0.102. The van der Waals surface area contributed by atoms with Crippen molar-refractivity contribution in [3.05, 3.63) is 62.5 Å². The number of hydrogen-bond donors (Lipinski definition) is 3. The van der Waals surface area contributed by atoms with Gasteiger partial charge in [-0.25, -0.2) is 9.59 Å². The summed E-state index contributed by atoms with van der Waals surface area (Å²) in [4.78, 5) is 37.2. The third-order valence-electron chi connectivity index (χ3n) is 5.56. The van der Waals surface area contributed by atoms with Crippen molar-refractivity contribution in [1.82, 2.24) is 10.6 Å². The van der Waals surface area contributed by atoms with Crippen LogP contribution in [0.15, 0.2) is 46.8 Å². The number of unbranched alkanes of at least 4 members (excludes halogenated alkanes) is 2. The van der Waals surface area contributed by atoms with Gasteiger partial charge in [-0.3, -0.25) is 10.1 Å². The van der Waals surface area contributed by atoms with Crippen LogP contribution < -0.4 is 16.4 Å². The van der Waals surface area contributed by atoms with E-state index in [9.17, 15) is 19.7 Å². The minimum atomic E-state index is -0.874. The molecule has 0 aromatic heterocycles. The number of benzene rings is 1. The number of ether oxygens (including phenoxy) is 2. The number of nitrogens with two attached hydrogens (primary N) is 1. The highest BCUT2D eigenvalue weighted by Gasteiger charge is 2.39. The van der Waals surface area contributed by atoms with Crippen LogP contribution in [-0.2, 0) is 19.1 Å². The van der Waals surface area contributed by atoms with Crippen molar-refractivity contribution in [2.24, 2.45) is 5.73 Å². The summed E-state index contributed by atoms with van der Waals surface area (Å²) < 4.78 is 10.7. The highest BCUT2D eigenvalue weighted by Crippen LogP contribution is 2.41. The molecule has 0 radical (unpaired) electrons. The molecule has 1 heterocycles. The lowest BCUT2D eigenvalue weighted by Gasteiger charge is -2.31. The highest BCUT2D eigenvalue weighted by atomic mass is 32.2. The van der Waals surface area contributed by atoms with Crippen LogP contribution in [0.4, 0.5) is 5.69 Å². The number of thioether (sulfide) groups is 1. The van der Waals surface area contributed by atoms with Crippen molar-refractivity contribution >= 4 is 46.7 Å². The Balaban J connectivity index is 2.38. The highest BCUT2D eigenvalue weighted by molar-refractivity contribution is 7.99. The maximum absolute atomic E-state index is 13.2. The number of esters is 2. The van der Waals surface area contributed by atoms with Gasteiger partial charge in [0.15, 0.2) is 5.11 Å². The molecular formula is C25H34N4O6S2. The van der Waals surface area contributed by atoms with Crippen molar-refractivity contribution in [1.29, 1.82) is 0 Å². The lowest BCUT2D eigenvalue weighted by molar-refractivity contribution is -0.384. The number of carbonyl (C=O) groups is 2. The van der Waals surface area contributed by atoms with E-state index in [1.807, 2.05) is 0 Å². The first-order valence-corrected chi connectivity index (χ1v) is 13.7. The second-order valence-electron chi connectivity index (χ2n) is 8.19. The summed E-state index contributed by atoms with van der Waals surface area (Å²) in [5.74, 6) is -0.731. The second kappa shape index (κ2) is 15.2. The third kappa shape index (κ3) is 8.74. The number of rotatable bonds is 14.